The van der Waals surface area contributed by atoms with Crippen LogP contribution < -0.4 is 10.6 Å². The Morgan fingerprint density at radius 1 is 1.06 bits per heavy atom. The smallest absolute Gasteiger partial charge is 0.243 e. The molecule has 2 fully saturated rings. The van der Waals surface area contributed by atoms with Gasteiger partial charge in [-0.05, 0) is 62.3 Å². The minimum Gasteiger partial charge on any atom is -0.323 e. The van der Waals surface area contributed by atoms with Gasteiger partial charge in [0.25, 0.3) is 0 Å². The van der Waals surface area contributed by atoms with Crippen LogP contribution >= 0.6 is 11.6 Å². The Labute approximate surface area is 195 Å². The second-order valence-electron chi connectivity index (χ2n) is 8.71. The van der Waals surface area contributed by atoms with Crippen molar-refractivity contribution >= 4 is 33.2 Å². The van der Waals surface area contributed by atoms with E-state index in [1.807, 2.05) is 25.1 Å². The number of benzene rings is 2. The van der Waals surface area contributed by atoms with Gasteiger partial charge in [0.2, 0.25) is 15.9 Å². The minimum absolute atomic E-state index is 0.109. The molecule has 1 amide bonds. The first-order chi connectivity index (χ1) is 15.4. The molecule has 32 heavy (non-hydrogen) atoms. The van der Waals surface area contributed by atoms with Crippen molar-refractivity contribution in [2.75, 3.05) is 18.4 Å². The Kier molecular flexibility index (Phi) is 7.20. The molecule has 1 heterocycles. The van der Waals surface area contributed by atoms with Crippen LogP contribution in [0.5, 0.6) is 0 Å². The molecule has 2 aromatic rings. The third-order valence-corrected chi connectivity index (χ3v) is 8.45. The average Bonchev–Trinajstić information content (AvgIpc) is 3.65. The van der Waals surface area contributed by atoms with Crippen molar-refractivity contribution in [2.45, 2.75) is 56.0 Å². The average molecular weight is 476 g/mol. The van der Waals surface area contributed by atoms with E-state index in [0.29, 0.717) is 29.7 Å². The molecule has 172 valence electrons. The zero-order chi connectivity index (χ0) is 22.7. The van der Waals surface area contributed by atoms with E-state index < -0.39 is 16.1 Å². The Balaban J connectivity index is 1.47. The molecule has 0 aromatic heterocycles. The number of halogens is 1. The number of sulfonamides is 1. The molecule has 6 nitrogen and oxygen atoms in total. The molecule has 0 bridgehead atoms. The topological polar surface area (TPSA) is 78.5 Å². The van der Waals surface area contributed by atoms with Gasteiger partial charge in [0.1, 0.15) is 0 Å². The summed E-state index contributed by atoms with van der Waals surface area (Å²) in [5.41, 5.74) is 1.48. The summed E-state index contributed by atoms with van der Waals surface area (Å²) in [6, 6.07) is 14.3. The van der Waals surface area contributed by atoms with Gasteiger partial charge in [0.05, 0.1) is 21.6 Å². The lowest BCUT2D eigenvalue weighted by Gasteiger charge is -2.26. The van der Waals surface area contributed by atoms with E-state index in [1.54, 1.807) is 0 Å². The summed E-state index contributed by atoms with van der Waals surface area (Å²) in [6.07, 6.45) is 5.06. The van der Waals surface area contributed by atoms with Crippen LogP contribution in [0.1, 0.15) is 50.6 Å². The molecule has 4 rings (SSSR count). The lowest BCUT2D eigenvalue weighted by molar-refractivity contribution is -0.118. The Bertz CT molecular complexity index is 1050. The van der Waals surface area contributed by atoms with Crippen molar-refractivity contribution in [2.24, 2.45) is 5.92 Å². The molecule has 2 N–H and O–H groups in total. The van der Waals surface area contributed by atoms with E-state index >= 15 is 0 Å². The van der Waals surface area contributed by atoms with Crippen LogP contribution in [0.25, 0.3) is 0 Å². The number of nitrogens with zero attached hydrogens (tertiary/aromatic N) is 1. The van der Waals surface area contributed by atoms with Crippen LogP contribution in [-0.2, 0) is 14.8 Å². The van der Waals surface area contributed by atoms with Gasteiger partial charge in [0, 0.05) is 19.1 Å². The van der Waals surface area contributed by atoms with Crippen molar-refractivity contribution < 1.29 is 13.2 Å². The van der Waals surface area contributed by atoms with Crippen LogP contribution in [0.4, 0.5) is 5.69 Å². The molecule has 1 aliphatic heterocycles. The monoisotopic (exact) mass is 475 g/mol. The van der Waals surface area contributed by atoms with Gasteiger partial charge >= 0.3 is 0 Å². The first-order valence-corrected chi connectivity index (χ1v) is 13.1. The zero-order valence-electron chi connectivity index (χ0n) is 18.3. The van der Waals surface area contributed by atoms with Gasteiger partial charge < -0.3 is 5.32 Å². The molecule has 1 aliphatic carbocycles. The Morgan fingerprint density at radius 2 is 1.75 bits per heavy atom. The van der Waals surface area contributed by atoms with Crippen LogP contribution in [0.3, 0.4) is 0 Å². The highest BCUT2D eigenvalue weighted by Crippen LogP contribution is 2.41. The second-order valence-corrected chi connectivity index (χ2v) is 11.1. The fourth-order valence-corrected chi connectivity index (χ4v) is 5.90. The van der Waals surface area contributed by atoms with E-state index in [9.17, 15) is 13.2 Å². The molecule has 0 spiro atoms. The van der Waals surface area contributed by atoms with Crippen LogP contribution in [0.2, 0.25) is 5.02 Å². The van der Waals surface area contributed by atoms with E-state index in [-0.39, 0.29) is 16.8 Å². The fraction of sp³-hybridized carbons (Fsp3) is 0.458. The number of carbonyl (C=O) groups is 1. The van der Waals surface area contributed by atoms with Gasteiger partial charge in [-0.15, -0.1) is 0 Å². The molecule has 0 radical (unpaired) electrons. The maximum Gasteiger partial charge on any atom is 0.243 e. The number of hydrogen-bond acceptors (Lipinski definition) is 4. The third-order valence-electron chi connectivity index (χ3n) is 6.22. The standard InChI is InChI=1S/C24H30ClN3O3S/c1-17(26-23(19-10-11-19)18-8-4-2-5-9-18)24(29)27-22-16-20(12-13-21(22)25)32(30,31)28-14-6-3-7-15-28/h2,4-5,8-9,12-13,16-17,19,23,26H,3,6-7,10-11,14-15H2,1H3,(H,27,29)/t17-,23-/m1/s1. The third kappa shape index (κ3) is 5.34. The number of anilines is 1. The van der Waals surface area contributed by atoms with Crippen molar-refractivity contribution in [1.82, 2.24) is 9.62 Å². The summed E-state index contributed by atoms with van der Waals surface area (Å²) in [7, 11) is -3.61. The predicted octanol–water partition coefficient (Wildman–Crippen LogP) is 4.58. The SMILES string of the molecule is C[C@@H](N[C@H](c1ccccc1)C1CC1)C(=O)Nc1cc(S(=O)(=O)N2CCCCC2)ccc1Cl. The molecular weight excluding hydrogens is 446 g/mol. The summed E-state index contributed by atoms with van der Waals surface area (Å²) in [6.45, 7) is 2.86. The molecule has 8 heteroatoms. The highest BCUT2D eigenvalue weighted by atomic mass is 35.5. The van der Waals surface area contributed by atoms with Crippen LogP contribution in [0, 0.1) is 5.92 Å². The summed E-state index contributed by atoms with van der Waals surface area (Å²) in [5, 5.41) is 6.58. The van der Waals surface area contributed by atoms with Gasteiger partial charge in [-0.1, -0.05) is 48.4 Å². The lowest BCUT2D eigenvalue weighted by Crippen LogP contribution is -2.41. The maximum absolute atomic E-state index is 13.0. The highest BCUT2D eigenvalue weighted by Gasteiger charge is 2.34. The summed E-state index contributed by atoms with van der Waals surface area (Å²) in [5.74, 6) is 0.273. The summed E-state index contributed by atoms with van der Waals surface area (Å²) in [4.78, 5) is 13.1. The first kappa shape index (κ1) is 23.2. The largest absolute Gasteiger partial charge is 0.323 e. The fourth-order valence-electron chi connectivity index (χ4n) is 4.20. The molecule has 1 saturated heterocycles. The number of piperidine rings is 1. The molecule has 1 saturated carbocycles. The van der Waals surface area contributed by atoms with Crippen LogP contribution in [-0.4, -0.2) is 37.8 Å². The van der Waals surface area contributed by atoms with E-state index in [0.717, 1.165) is 32.1 Å². The van der Waals surface area contributed by atoms with Crippen LogP contribution in [0.15, 0.2) is 53.4 Å². The van der Waals surface area contributed by atoms with Crippen molar-refractivity contribution in [3.63, 3.8) is 0 Å². The van der Waals surface area contributed by atoms with Crippen molar-refractivity contribution in [3.05, 3.63) is 59.1 Å². The molecular formula is C24H30ClN3O3S. The number of nitrogens with one attached hydrogen (secondary N) is 2. The zero-order valence-corrected chi connectivity index (χ0v) is 19.8. The predicted molar refractivity (Wildman–Crippen MR) is 127 cm³/mol. The van der Waals surface area contributed by atoms with Crippen molar-refractivity contribution in [3.8, 4) is 0 Å². The minimum atomic E-state index is -3.61. The van der Waals surface area contributed by atoms with Gasteiger partial charge in [-0.2, -0.15) is 4.31 Å². The van der Waals surface area contributed by atoms with Gasteiger partial charge in [0.15, 0.2) is 0 Å². The van der Waals surface area contributed by atoms with Crippen molar-refractivity contribution in [1.29, 1.82) is 0 Å². The van der Waals surface area contributed by atoms with Gasteiger partial charge in [-0.3, -0.25) is 10.1 Å². The van der Waals surface area contributed by atoms with E-state index in [1.165, 1.54) is 28.1 Å². The lowest BCUT2D eigenvalue weighted by atomic mass is 10.0. The Hall–Kier alpha value is -1.93. The highest BCUT2D eigenvalue weighted by molar-refractivity contribution is 7.89. The number of amides is 1. The molecule has 2 aromatic carbocycles. The summed E-state index contributed by atoms with van der Waals surface area (Å²) < 4.78 is 27.5. The Morgan fingerprint density at radius 3 is 2.41 bits per heavy atom. The number of rotatable bonds is 8. The normalized spacial score (nSPS) is 19.3. The first-order valence-electron chi connectivity index (χ1n) is 11.3. The second kappa shape index (κ2) is 9.91. The van der Waals surface area contributed by atoms with E-state index in [2.05, 4.69) is 22.8 Å². The van der Waals surface area contributed by atoms with Gasteiger partial charge in [-0.25, -0.2) is 8.42 Å². The maximum atomic E-state index is 13.0. The van der Waals surface area contributed by atoms with E-state index in [4.69, 9.17) is 11.6 Å². The number of carbonyl (C=O) groups excluding carboxylic acids is 1. The summed E-state index contributed by atoms with van der Waals surface area (Å²) >= 11 is 6.30. The molecule has 2 aliphatic rings. The quantitative estimate of drug-likeness (QED) is 0.585. The molecule has 2 atom stereocenters. The number of hydrogen-bond donors (Lipinski definition) is 2. The molecule has 0 unspecified atom stereocenters.